The summed E-state index contributed by atoms with van der Waals surface area (Å²) >= 11 is 0. The Hall–Kier alpha value is -3.37. The van der Waals surface area contributed by atoms with Gasteiger partial charge in [0.05, 0.1) is 11.5 Å². The summed E-state index contributed by atoms with van der Waals surface area (Å²) in [6, 6.07) is 9.08. The number of aliphatic imine (C=N–C) groups is 1. The van der Waals surface area contributed by atoms with Gasteiger partial charge in [-0.2, -0.15) is 0 Å². The number of nitrogens with two attached hydrogens (primary N) is 1. The van der Waals surface area contributed by atoms with Crippen molar-refractivity contribution in [3.05, 3.63) is 107 Å². The van der Waals surface area contributed by atoms with Crippen LogP contribution in [0.5, 0.6) is 0 Å². The highest BCUT2D eigenvalue weighted by molar-refractivity contribution is 5.89. The lowest BCUT2D eigenvalue weighted by atomic mass is 9.69. The van der Waals surface area contributed by atoms with Gasteiger partial charge in [0.2, 0.25) is 0 Å². The predicted molar refractivity (Wildman–Crippen MR) is 165 cm³/mol. The molecule has 1 aromatic rings. The molecule has 1 saturated heterocycles. The standard InChI is InChI=1S/C34H44N4/c1-6-9-20-37-21-23-38(24-22-37)29-18-16-28(17-19-29)30-14-10-11-15-31-32(34(33(30)31)36-26(5)35)25(4)27(12-7-2)13-8-3/h7,10-19,31H,4,6,8-9,20-24H2,1-3,5H3,(H2,35,36)/b12-7-,27-13+. The average molecular weight is 509 g/mol. The molecule has 1 unspecified atom stereocenters. The molecule has 1 aromatic carbocycles. The average Bonchev–Trinajstić information content (AvgIpc) is 3.10. The van der Waals surface area contributed by atoms with Gasteiger partial charge in [0, 0.05) is 37.8 Å². The normalized spacial score (nSPS) is 20.7. The van der Waals surface area contributed by atoms with Crippen LogP contribution in [0, 0.1) is 5.92 Å². The molecule has 200 valence electrons. The Morgan fingerprint density at radius 3 is 2.47 bits per heavy atom. The molecule has 2 N–H and O–H groups in total. The second kappa shape index (κ2) is 12.9. The van der Waals surface area contributed by atoms with Gasteiger partial charge in [-0.25, -0.2) is 4.99 Å². The first-order valence-electron chi connectivity index (χ1n) is 14.2. The zero-order valence-corrected chi connectivity index (χ0v) is 23.7. The molecule has 1 atom stereocenters. The van der Waals surface area contributed by atoms with Crippen LogP contribution in [-0.4, -0.2) is 43.5 Å². The van der Waals surface area contributed by atoms with Crippen molar-refractivity contribution in [1.82, 2.24) is 4.90 Å². The Labute approximate surface area is 230 Å². The Morgan fingerprint density at radius 1 is 1.11 bits per heavy atom. The quantitative estimate of drug-likeness (QED) is 0.206. The third kappa shape index (κ3) is 6.02. The van der Waals surface area contributed by atoms with Gasteiger partial charge in [0.15, 0.2) is 0 Å². The maximum atomic E-state index is 6.13. The molecular formula is C34H44N4. The Kier molecular flexibility index (Phi) is 9.41. The number of unbranched alkanes of at least 4 members (excludes halogenated alkanes) is 1. The number of hydrogen-bond donors (Lipinski definition) is 1. The van der Waals surface area contributed by atoms with Crippen LogP contribution in [0.2, 0.25) is 0 Å². The number of anilines is 1. The molecule has 0 aromatic heterocycles. The van der Waals surface area contributed by atoms with E-state index in [1.165, 1.54) is 41.8 Å². The largest absolute Gasteiger partial charge is 0.387 e. The van der Waals surface area contributed by atoms with Gasteiger partial charge in [-0.15, -0.1) is 0 Å². The van der Waals surface area contributed by atoms with Crippen molar-refractivity contribution in [3.8, 4) is 0 Å². The highest BCUT2D eigenvalue weighted by Crippen LogP contribution is 2.51. The van der Waals surface area contributed by atoms with Crippen molar-refractivity contribution in [2.24, 2.45) is 16.6 Å². The summed E-state index contributed by atoms with van der Waals surface area (Å²) in [4.78, 5) is 9.94. The summed E-state index contributed by atoms with van der Waals surface area (Å²) in [5.41, 5.74) is 15.4. The van der Waals surface area contributed by atoms with Crippen LogP contribution in [0.1, 0.15) is 52.5 Å². The lowest BCUT2D eigenvalue weighted by Crippen LogP contribution is -2.46. The molecule has 3 aliphatic rings. The molecule has 4 rings (SSSR count). The van der Waals surface area contributed by atoms with Gasteiger partial charge < -0.3 is 10.6 Å². The Morgan fingerprint density at radius 2 is 1.84 bits per heavy atom. The molecule has 1 heterocycles. The third-order valence-electron chi connectivity index (χ3n) is 7.58. The van der Waals surface area contributed by atoms with E-state index in [9.17, 15) is 0 Å². The van der Waals surface area contributed by atoms with Crippen molar-refractivity contribution in [2.45, 2.75) is 47.0 Å². The fourth-order valence-corrected chi connectivity index (χ4v) is 5.60. The van der Waals surface area contributed by atoms with E-state index in [0.29, 0.717) is 5.84 Å². The Bertz CT molecular complexity index is 1220. The smallest absolute Gasteiger partial charge is 0.0965 e. The first-order valence-corrected chi connectivity index (χ1v) is 14.2. The molecule has 4 heteroatoms. The van der Waals surface area contributed by atoms with Crippen LogP contribution < -0.4 is 10.6 Å². The number of amidine groups is 1. The number of rotatable bonds is 10. The molecule has 4 nitrogen and oxygen atoms in total. The van der Waals surface area contributed by atoms with Crippen LogP contribution in [0.15, 0.2) is 106 Å². The fraction of sp³-hybridized carbons (Fsp3) is 0.382. The van der Waals surface area contributed by atoms with Crippen molar-refractivity contribution >= 4 is 17.1 Å². The number of allylic oxidation sites excluding steroid dienone is 12. The summed E-state index contributed by atoms with van der Waals surface area (Å²) < 4.78 is 0. The summed E-state index contributed by atoms with van der Waals surface area (Å²) in [5.74, 6) is 0.709. The number of benzene rings is 1. The topological polar surface area (TPSA) is 44.9 Å². The van der Waals surface area contributed by atoms with Crippen LogP contribution >= 0.6 is 0 Å². The van der Waals surface area contributed by atoms with Crippen molar-refractivity contribution in [1.29, 1.82) is 0 Å². The number of fused-ring (bicyclic) bond motifs is 1. The van der Waals surface area contributed by atoms with E-state index >= 15 is 0 Å². The molecule has 0 saturated carbocycles. The molecule has 2 aliphatic carbocycles. The summed E-state index contributed by atoms with van der Waals surface area (Å²) in [7, 11) is 0. The van der Waals surface area contributed by atoms with Crippen molar-refractivity contribution in [2.75, 3.05) is 37.6 Å². The molecule has 0 spiro atoms. The minimum atomic E-state index is 0.145. The highest BCUT2D eigenvalue weighted by Gasteiger charge is 2.38. The SMILES string of the molecule is C=C(C1=C(N=C(C)N)C2=C(c3ccc(N4CCN(CCCC)CC4)cc3)C=CC=CC12)C(/C=C\C)=C/CC. The lowest BCUT2D eigenvalue weighted by Gasteiger charge is -2.37. The van der Waals surface area contributed by atoms with Crippen LogP contribution in [0.25, 0.3) is 5.57 Å². The third-order valence-corrected chi connectivity index (χ3v) is 7.58. The number of piperazine rings is 1. The molecule has 0 amide bonds. The molecular weight excluding hydrogens is 464 g/mol. The van der Waals surface area contributed by atoms with E-state index in [1.54, 1.807) is 0 Å². The highest BCUT2D eigenvalue weighted by atomic mass is 15.3. The minimum absolute atomic E-state index is 0.145. The van der Waals surface area contributed by atoms with Gasteiger partial charge in [-0.1, -0.05) is 81.5 Å². The number of nitrogens with zero attached hydrogens (tertiary/aromatic N) is 3. The van der Waals surface area contributed by atoms with E-state index < -0.39 is 0 Å². The second-order valence-corrected chi connectivity index (χ2v) is 10.3. The minimum Gasteiger partial charge on any atom is -0.387 e. The molecule has 0 bridgehead atoms. The molecule has 1 aliphatic heterocycles. The predicted octanol–water partition coefficient (Wildman–Crippen LogP) is 7.22. The lowest BCUT2D eigenvalue weighted by molar-refractivity contribution is 0.254. The van der Waals surface area contributed by atoms with E-state index in [0.717, 1.165) is 55.0 Å². The van der Waals surface area contributed by atoms with Crippen molar-refractivity contribution in [3.63, 3.8) is 0 Å². The second-order valence-electron chi connectivity index (χ2n) is 10.3. The zero-order valence-electron chi connectivity index (χ0n) is 23.7. The maximum absolute atomic E-state index is 6.13. The van der Waals surface area contributed by atoms with E-state index in [-0.39, 0.29) is 5.92 Å². The summed E-state index contributed by atoms with van der Waals surface area (Å²) in [5, 5.41) is 0. The van der Waals surface area contributed by atoms with Crippen molar-refractivity contribution < 1.29 is 0 Å². The summed E-state index contributed by atoms with van der Waals surface area (Å²) in [6.45, 7) is 18.5. The van der Waals surface area contributed by atoms with Gasteiger partial charge in [0.25, 0.3) is 0 Å². The zero-order chi connectivity index (χ0) is 27.1. The van der Waals surface area contributed by atoms with E-state index in [4.69, 9.17) is 10.7 Å². The monoisotopic (exact) mass is 508 g/mol. The van der Waals surface area contributed by atoms with Crippen LogP contribution in [0.3, 0.4) is 0 Å². The summed E-state index contributed by atoms with van der Waals surface area (Å²) in [6.07, 6.45) is 18.7. The first kappa shape index (κ1) is 27.7. The van der Waals surface area contributed by atoms with Gasteiger partial charge in [-0.05, 0) is 78.8 Å². The molecule has 0 radical (unpaired) electrons. The first-order chi connectivity index (χ1) is 18.5. The molecule has 1 fully saturated rings. The maximum Gasteiger partial charge on any atom is 0.0965 e. The van der Waals surface area contributed by atoms with E-state index in [2.05, 4.69) is 97.0 Å². The fourth-order valence-electron chi connectivity index (χ4n) is 5.60. The van der Waals surface area contributed by atoms with Crippen LogP contribution in [-0.2, 0) is 0 Å². The molecule has 38 heavy (non-hydrogen) atoms. The number of hydrogen-bond acceptors (Lipinski definition) is 3. The van der Waals surface area contributed by atoms with E-state index in [1.807, 2.05) is 13.8 Å². The van der Waals surface area contributed by atoms with Gasteiger partial charge in [-0.3, -0.25) is 4.90 Å². The van der Waals surface area contributed by atoms with Crippen LogP contribution in [0.4, 0.5) is 5.69 Å². The van der Waals surface area contributed by atoms with Gasteiger partial charge >= 0.3 is 0 Å². The van der Waals surface area contributed by atoms with Gasteiger partial charge in [0.1, 0.15) is 0 Å². The Balaban J connectivity index is 1.65.